The number of rotatable bonds is 6. The number of hydrogen-bond acceptors (Lipinski definition) is 4. The number of quaternary nitrogens is 2. The Bertz CT molecular complexity index is 801. The summed E-state index contributed by atoms with van der Waals surface area (Å²) < 4.78 is 13.8. The van der Waals surface area contributed by atoms with E-state index in [4.69, 9.17) is 0 Å². The molecule has 9 nitrogen and oxygen atoms in total. The van der Waals surface area contributed by atoms with Gasteiger partial charge in [0.15, 0.2) is 6.04 Å². The van der Waals surface area contributed by atoms with E-state index in [0.29, 0.717) is 44.9 Å². The standard InChI is InChI=1S/C26H43FN6O3/c27-19-5-3-4-18(14-19)25(35)30-20-15-22-26(36)29-16-21(33(22)17-20)7-8-24(34)32-12-10-31(11-13-32)23-6-1-2-9-28-23/h18-23,28H,1-17H2,(H,29,36)(H,30,35)/p+2. The summed E-state index contributed by atoms with van der Waals surface area (Å²) in [6.45, 7) is 6.01. The molecule has 4 aliphatic heterocycles. The molecule has 3 amide bonds. The molecule has 0 spiro atoms. The zero-order valence-corrected chi connectivity index (χ0v) is 21.6. The largest absolute Gasteiger partial charge is 0.347 e. The van der Waals surface area contributed by atoms with Crippen LogP contribution in [-0.4, -0.2) is 104 Å². The lowest BCUT2D eigenvalue weighted by atomic mass is 9.87. The number of nitrogens with zero attached hydrogens (tertiary/aromatic N) is 2. The number of piperazine rings is 2. The first-order valence-electron chi connectivity index (χ1n) is 14.4. The highest BCUT2D eigenvalue weighted by atomic mass is 19.1. The lowest BCUT2D eigenvalue weighted by Gasteiger charge is -2.39. The number of carbonyl (C=O) groups is 3. The molecule has 7 atom stereocenters. The number of fused-ring (bicyclic) bond motifs is 1. The minimum absolute atomic E-state index is 0.0430. The van der Waals surface area contributed by atoms with Crippen molar-refractivity contribution in [2.24, 2.45) is 5.92 Å². The van der Waals surface area contributed by atoms with Gasteiger partial charge in [0.1, 0.15) is 18.4 Å². The molecule has 1 aliphatic carbocycles. The van der Waals surface area contributed by atoms with Crippen molar-refractivity contribution in [3.63, 3.8) is 0 Å². The Balaban J connectivity index is 1.08. The first-order valence-corrected chi connectivity index (χ1v) is 14.4. The van der Waals surface area contributed by atoms with E-state index in [1.54, 1.807) is 0 Å². The molecule has 5 rings (SSSR count). The summed E-state index contributed by atoms with van der Waals surface area (Å²) in [6.07, 6.45) is 7.82. The van der Waals surface area contributed by atoms with Crippen LogP contribution in [0.3, 0.4) is 0 Å². The van der Waals surface area contributed by atoms with E-state index in [9.17, 15) is 18.8 Å². The Morgan fingerprint density at radius 3 is 2.67 bits per heavy atom. The van der Waals surface area contributed by atoms with Crippen LogP contribution in [-0.2, 0) is 14.4 Å². The van der Waals surface area contributed by atoms with Crippen LogP contribution >= 0.6 is 0 Å². The highest BCUT2D eigenvalue weighted by Crippen LogP contribution is 2.26. The first kappa shape index (κ1) is 25.9. The minimum atomic E-state index is -0.878. The number of hydrogen-bond donors (Lipinski definition) is 4. The number of piperidine rings is 1. The smallest absolute Gasteiger partial charge is 0.278 e. The van der Waals surface area contributed by atoms with Crippen molar-refractivity contribution < 1.29 is 29.0 Å². The first-order chi connectivity index (χ1) is 17.5. The molecule has 5 N–H and O–H groups in total. The Kier molecular flexibility index (Phi) is 8.42. The van der Waals surface area contributed by atoms with E-state index < -0.39 is 6.17 Å². The number of halogens is 1. The van der Waals surface area contributed by atoms with Gasteiger partial charge in [-0.15, -0.1) is 0 Å². The molecule has 202 valence electrons. The third-order valence-electron chi connectivity index (χ3n) is 9.38. The van der Waals surface area contributed by atoms with Crippen molar-refractivity contribution in [2.45, 2.75) is 94.7 Å². The van der Waals surface area contributed by atoms with Gasteiger partial charge in [0, 0.05) is 57.8 Å². The topological polar surface area (TPSA) is 103 Å². The van der Waals surface area contributed by atoms with Gasteiger partial charge in [0.2, 0.25) is 11.8 Å². The Morgan fingerprint density at radius 1 is 1.08 bits per heavy atom. The van der Waals surface area contributed by atoms with E-state index in [1.807, 2.05) is 4.90 Å². The van der Waals surface area contributed by atoms with Crippen LogP contribution in [0.5, 0.6) is 0 Å². The van der Waals surface area contributed by atoms with Crippen LogP contribution in [0.15, 0.2) is 0 Å². The molecule has 4 saturated heterocycles. The summed E-state index contributed by atoms with van der Waals surface area (Å²) in [4.78, 5) is 44.1. The third kappa shape index (κ3) is 6.02. The molecule has 0 aromatic heterocycles. The van der Waals surface area contributed by atoms with Crippen molar-refractivity contribution in [3.8, 4) is 0 Å². The third-order valence-corrected chi connectivity index (χ3v) is 9.38. The van der Waals surface area contributed by atoms with Crippen LogP contribution < -0.4 is 20.9 Å². The summed E-state index contributed by atoms with van der Waals surface area (Å²) >= 11 is 0. The van der Waals surface area contributed by atoms with Crippen LogP contribution in [0.4, 0.5) is 4.39 Å². The number of amides is 3. The molecule has 10 heteroatoms. The Morgan fingerprint density at radius 2 is 1.92 bits per heavy atom. The number of nitrogens with one attached hydrogen (secondary N) is 3. The average Bonchev–Trinajstić information content (AvgIpc) is 3.33. The summed E-state index contributed by atoms with van der Waals surface area (Å²) in [5.74, 6) is -0.0440. The van der Waals surface area contributed by atoms with Gasteiger partial charge >= 0.3 is 0 Å². The van der Waals surface area contributed by atoms with Gasteiger partial charge in [-0.05, 0) is 38.5 Å². The maximum absolute atomic E-state index is 13.8. The van der Waals surface area contributed by atoms with Crippen molar-refractivity contribution in [1.29, 1.82) is 0 Å². The van der Waals surface area contributed by atoms with Crippen LogP contribution in [0, 0.1) is 5.92 Å². The summed E-state index contributed by atoms with van der Waals surface area (Å²) in [6, 6.07) is -0.0643. The number of nitrogens with two attached hydrogens (primary N) is 1. The Labute approximate surface area is 213 Å². The second-order valence-electron chi connectivity index (χ2n) is 11.7. The summed E-state index contributed by atoms with van der Waals surface area (Å²) in [5, 5.41) is 8.61. The predicted octanol–water partition coefficient (Wildman–Crippen LogP) is -1.85. The lowest BCUT2D eigenvalue weighted by molar-refractivity contribution is -0.930. The number of carbonyl (C=O) groups excluding carboxylic acids is 3. The van der Waals surface area contributed by atoms with Crippen LogP contribution in [0.1, 0.15) is 64.2 Å². The SMILES string of the molecule is O=C(NC1CC2C(=O)NCC(CCC(=O)N3CCN(C4CCCC[NH2+]4)CC3)[NH+]2C1)C1CCCC(F)C1. The van der Waals surface area contributed by atoms with E-state index in [-0.39, 0.29) is 41.8 Å². The molecule has 0 aromatic rings. The molecular formula is C26H45FN6O3+2. The number of alkyl halides is 1. The predicted molar refractivity (Wildman–Crippen MR) is 132 cm³/mol. The van der Waals surface area contributed by atoms with Gasteiger partial charge in [-0.3, -0.25) is 19.3 Å². The molecule has 5 aliphatic rings. The Hall–Kier alpha value is -1.78. The second kappa shape index (κ2) is 11.7. The summed E-state index contributed by atoms with van der Waals surface area (Å²) in [7, 11) is 0. The second-order valence-corrected chi connectivity index (χ2v) is 11.7. The zero-order valence-electron chi connectivity index (χ0n) is 21.6. The highest BCUT2D eigenvalue weighted by molar-refractivity contribution is 5.82. The van der Waals surface area contributed by atoms with Gasteiger partial charge in [0.05, 0.1) is 25.7 Å². The molecule has 36 heavy (non-hydrogen) atoms. The fraction of sp³-hybridized carbons (Fsp3) is 0.885. The van der Waals surface area contributed by atoms with Gasteiger partial charge in [0.25, 0.3) is 5.91 Å². The lowest BCUT2D eigenvalue weighted by Crippen LogP contribution is -3.21. The van der Waals surface area contributed by atoms with E-state index in [0.717, 1.165) is 45.4 Å². The van der Waals surface area contributed by atoms with E-state index >= 15 is 0 Å². The molecule has 0 bridgehead atoms. The normalized spacial score (nSPS) is 37.8. The highest BCUT2D eigenvalue weighted by Gasteiger charge is 2.48. The molecular weight excluding hydrogens is 463 g/mol. The minimum Gasteiger partial charge on any atom is -0.347 e. The van der Waals surface area contributed by atoms with Gasteiger partial charge in [-0.2, -0.15) is 0 Å². The van der Waals surface area contributed by atoms with E-state index in [2.05, 4.69) is 20.9 Å². The average molecular weight is 509 g/mol. The molecule has 5 fully saturated rings. The molecule has 1 saturated carbocycles. The maximum atomic E-state index is 13.8. The van der Waals surface area contributed by atoms with Crippen molar-refractivity contribution in [3.05, 3.63) is 0 Å². The van der Waals surface area contributed by atoms with Crippen LogP contribution in [0.25, 0.3) is 0 Å². The van der Waals surface area contributed by atoms with Crippen molar-refractivity contribution in [1.82, 2.24) is 20.4 Å². The molecule has 4 heterocycles. The molecule has 0 aromatic carbocycles. The molecule has 0 radical (unpaired) electrons. The van der Waals surface area contributed by atoms with E-state index in [1.165, 1.54) is 30.7 Å². The van der Waals surface area contributed by atoms with Gasteiger partial charge < -0.3 is 25.8 Å². The van der Waals surface area contributed by atoms with Gasteiger partial charge in [-0.1, -0.05) is 0 Å². The zero-order chi connectivity index (χ0) is 25.1. The van der Waals surface area contributed by atoms with Crippen molar-refractivity contribution in [2.75, 3.05) is 45.8 Å². The van der Waals surface area contributed by atoms with Gasteiger partial charge in [-0.25, -0.2) is 4.39 Å². The fourth-order valence-electron chi connectivity index (χ4n) is 7.25. The maximum Gasteiger partial charge on any atom is 0.278 e. The summed E-state index contributed by atoms with van der Waals surface area (Å²) in [5.41, 5.74) is 0. The van der Waals surface area contributed by atoms with Crippen molar-refractivity contribution >= 4 is 17.7 Å². The molecule has 7 unspecified atom stereocenters. The van der Waals surface area contributed by atoms with Crippen LogP contribution in [0.2, 0.25) is 0 Å². The fourth-order valence-corrected chi connectivity index (χ4v) is 7.25. The quantitative estimate of drug-likeness (QED) is 0.338. The monoisotopic (exact) mass is 508 g/mol.